The lowest BCUT2D eigenvalue weighted by Crippen LogP contribution is -2.26. The first-order valence-corrected chi connectivity index (χ1v) is 22.9. The number of benzene rings is 8. The summed E-state index contributed by atoms with van der Waals surface area (Å²) in [5.74, 6) is 3.23. The predicted octanol–water partition coefficient (Wildman–Crippen LogP) is 13.6. The van der Waals surface area contributed by atoms with Gasteiger partial charge in [0.1, 0.15) is 49.4 Å². The number of nitrogens with one attached hydrogen (secondary N) is 1. The van der Waals surface area contributed by atoms with Crippen molar-refractivity contribution in [3.63, 3.8) is 0 Å². The molecule has 0 heterocycles. The number of Topliss-reactive ketones (excluding diaryl/α,β-unsaturated/α-hetero) is 2. The van der Waals surface area contributed by atoms with Crippen LogP contribution in [0.2, 0.25) is 0 Å². The fourth-order valence-electron chi connectivity index (χ4n) is 6.40. The Bertz CT molecular complexity index is 2650. The standard InChI is InChI=1S/C29H27NO3.C16H15BrO2.C13H13NO/c1-22(30-26-14-18-28(19-15-26)33-21-24-10-6-3-7-11-24)29(31)25-12-16-27(17-13-25)32-20-23-8-4-2-5-9-23;1-12(17)16(18)14-7-9-15(10-8-14)19-11-13-5-3-2-4-6-13;14-12-6-8-13(9-7-12)15-10-11-4-2-1-3-5-11/h2-19,22,30H,20-21H2,1H3;2-10,12H,11H2,1H3;1-9H,10,14H2. The Labute approximate surface area is 402 Å². The SMILES string of the molecule is CC(Br)C(=O)c1ccc(OCc2ccccc2)cc1.CC(Nc1ccc(OCc2ccccc2)cc1)C(=O)c1ccc(OCc2ccccc2)cc1.Nc1ccc(OCc2ccccc2)cc1. The van der Waals surface area contributed by atoms with Crippen LogP contribution in [0.5, 0.6) is 23.0 Å². The molecular formula is C58H55BrN2O6. The monoisotopic (exact) mass is 954 g/mol. The van der Waals surface area contributed by atoms with E-state index >= 15 is 0 Å². The van der Waals surface area contributed by atoms with Crippen LogP contribution in [0, 0.1) is 0 Å². The van der Waals surface area contributed by atoms with Crippen LogP contribution in [-0.2, 0) is 26.4 Å². The number of ether oxygens (including phenoxy) is 4. The topological polar surface area (TPSA) is 109 Å². The van der Waals surface area contributed by atoms with Gasteiger partial charge >= 0.3 is 0 Å². The highest BCUT2D eigenvalue weighted by Gasteiger charge is 2.16. The zero-order valence-corrected chi connectivity index (χ0v) is 39.3. The van der Waals surface area contributed by atoms with Gasteiger partial charge in [-0.2, -0.15) is 0 Å². The van der Waals surface area contributed by atoms with E-state index in [4.69, 9.17) is 24.7 Å². The van der Waals surface area contributed by atoms with Gasteiger partial charge in [0.2, 0.25) is 0 Å². The molecule has 0 fully saturated rings. The van der Waals surface area contributed by atoms with E-state index in [2.05, 4.69) is 21.2 Å². The van der Waals surface area contributed by atoms with Crippen molar-refractivity contribution in [2.75, 3.05) is 11.1 Å². The molecule has 8 rings (SSSR count). The molecule has 8 nitrogen and oxygen atoms in total. The number of alkyl halides is 1. The second-order valence-corrected chi connectivity index (χ2v) is 16.8. The summed E-state index contributed by atoms with van der Waals surface area (Å²) in [5, 5.41) is 3.27. The Morgan fingerprint density at radius 3 is 1.01 bits per heavy atom. The lowest BCUT2D eigenvalue weighted by atomic mass is 10.0. The zero-order chi connectivity index (χ0) is 47.1. The van der Waals surface area contributed by atoms with E-state index in [0.29, 0.717) is 37.6 Å². The lowest BCUT2D eigenvalue weighted by Gasteiger charge is -2.15. The molecule has 0 aliphatic heterocycles. The summed E-state index contributed by atoms with van der Waals surface area (Å²) in [6, 6.07) is 69.3. The average Bonchev–Trinajstić information content (AvgIpc) is 3.38. The van der Waals surface area contributed by atoms with Crippen molar-refractivity contribution in [2.45, 2.75) is 51.1 Å². The van der Waals surface area contributed by atoms with Crippen LogP contribution in [0.1, 0.15) is 56.8 Å². The van der Waals surface area contributed by atoms with Crippen LogP contribution in [0.4, 0.5) is 11.4 Å². The maximum Gasteiger partial charge on any atom is 0.184 e. The lowest BCUT2D eigenvalue weighted by molar-refractivity contribution is 0.0973. The summed E-state index contributed by atoms with van der Waals surface area (Å²) in [5.41, 5.74) is 13.0. The van der Waals surface area contributed by atoms with Crippen LogP contribution in [0.3, 0.4) is 0 Å². The van der Waals surface area contributed by atoms with Gasteiger partial charge in [-0.3, -0.25) is 9.59 Å². The van der Waals surface area contributed by atoms with E-state index < -0.39 is 0 Å². The van der Waals surface area contributed by atoms with Crippen LogP contribution in [0.15, 0.2) is 218 Å². The van der Waals surface area contributed by atoms with Gasteiger partial charge in [-0.1, -0.05) is 137 Å². The van der Waals surface area contributed by atoms with E-state index in [9.17, 15) is 9.59 Å². The molecule has 2 unspecified atom stereocenters. The largest absolute Gasteiger partial charge is 0.489 e. The quantitative estimate of drug-likeness (QED) is 0.0497. The molecule has 2 atom stereocenters. The van der Waals surface area contributed by atoms with E-state index in [1.165, 1.54) is 0 Å². The summed E-state index contributed by atoms with van der Waals surface area (Å²) < 4.78 is 22.9. The van der Waals surface area contributed by atoms with Gasteiger partial charge in [0.05, 0.1) is 10.9 Å². The van der Waals surface area contributed by atoms with Crippen molar-refractivity contribution >= 4 is 38.9 Å². The van der Waals surface area contributed by atoms with Crippen LogP contribution in [-0.4, -0.2) is 22.4 Å². The second kappa shape index (κ2) is 26.4. The molecule has 340 valence electrons. The van der Waals surface area contributed by atoms with Gasteiger partial charge in [0.25, 0.3) is 0 Å². The van der Waals surface area contributed by atoms with Crippen molar-refractivity contribution in [3.05, 3.63) is 252 Å². The highest BCUT2D eigenvalue weighted by Crippen LogP contribution is 2.21. The molecular weight excluding hydrogens is 901 g/mol. The van der Waals surface area contributed by atoms with E-state index in [0.717, 1.165) is 56.6 Å². The normalized spacial score (nSPS) is 11.2. The van der Waals surface area contributed by atoms with Gasteiger partial charge in [0.15, 0.2) is 11.6 Å². The number of carbonyl (C=O) groups excluding carboxylic acids is 2. The Kier molecular flexibility index (Phi) is 19.2. The minimum absolute atomic E-state index is 0.0222. The number of halogens is 1. The fourth-order valence-corrected chi connectivity index (χ4v) is 6.67. The van der Waals surface area contributed by atoms with Crippen LogP contribution in [0.25, 0.3) is 0 Å². The fraction of sp³-hybridized carbons (Fsp3) is 0.138. The molecule has 0 saturated heterocycles. The van der Waals surface area contributed by atoms with Gasteiger partial charge in [-0.05, 0) is 133 Å². The average molecular weight is 956 g/mol. The van der Waals surface area contributed by atoms with Crippen molar-refractivity contribution in [1.29, 1.82) is 0 Å². The van der Waals surface area contributed by atoms with Crippen LogP contribution < -0.4 is 30.0 Å². The molecule has 0 aromatic heterocycles. The minimum atomic E-state index is -0.364. The Hall–Kier alpha value is -7.62. The summed E-state index contributed by atoms with van der Waals surface area (Å²) in [6.07, 6.45) is 0. The third kappa shape index (κ3) is 17.0. The number of ketones is 2. The highest BCUT2D eigenvalue weighted by molar-refractivity contribution is 9.10. The first-order chi connectivity index (χ1) is 32.7. The Balaban J connectivity index is 0.000000183. The number of anilines is 2. The van der Waals surface area contributed by atoms with Gasteiger partial charge in [-0.25, -0.2) is 0 Å². The summed E-state index contributed by atoms with van der Waals surface area (Å²) in [6.45, 7) is 5.82. The summed E-state index contributed by atoms with van der Waals surface area (Å²) in [7, 11) is 0. The first-order valence-electron chi connectivity index (χ1n) is 22.0. The number of hydrogen-bond acceptors (Lipinski definition) is 8. The number of nitrogens with two attached hydrogens (primary N) is 1. The molecule has 8 aromatic rings. The van der Waals surface area contributed by atoms with Crippen molar-refractivity contribution in [2.24, 2.45) is 0 Å². The molecule has 8 aromatic carbocycles. The minimum Gasteiger partial charge on any atom is -0.489 e. The molecule has 0 radical (unpaired) electrons. The van der Waals surface area contributed by atoms with E-state index in [1.54, 1.807) is 24.3 Å². The first kappa shape index (κ1) is 48.8. The molecule has 0 bridgehead atoms. The van der Waals surface area contributed by atoms with E-state index in [1.807, 2.05) is 208 Å². The number of nitrogen functional groups attached to an aromatic ring is 1. The van der Waals surface area contributed by atoms with Crippen molar-refractivity contribution < 1.29 is 28.5 Å². The number of rotatable bonds is 18. The molecule has 3 N–H and O–H groups in total. The third-order valence-electron chi connectivity index (χ3n) is 10.1. The maximum atomic E-state index is 12.8. The molecule has 9 heteroatoms. The maximum absolute atomic E-state index is 12.8. The number of carbonyl (C=O) groups is 2. The molecule has 67 heavy (non-hydrogen) atoms. The summed E-state index contributed by atoms with van der Waals surface area (Å²) >= 11 is 3.28. The third-order valence-corrected chi connectivity index (χ3v) is 10.6. The molecule has 0 saturated carbocycles. The molecule has 0 amide bonds. The number of hydrogen-bond donors (Lipinski definition) is 2. The predicted molar refractivity (Wildman–Crippen MR) is 273 cm³/mol. The molecule has 0 spiro atoms. The highest BCUT2D eigenvalue weighted by atomic mass is 79.9. The van der Waals surface area contributed by atoms with Crippen LogP contribution >= 0.6 is 15.9 Å². The summed E-state index contributed by atoms with van der Waals surface area (Å²) in [4.78, 5) is 24.4. The molecule has 0 aliphatic carbocycles. The van der Waals surface area contributed by atoms with Crippen molar-refractivity contribution in [3.8, 4) is 23.0 Å². The van der Waals surface area contributed by atoms with Gasteiger partial charge in [0, 0.05) is 22.5 Å². The van der Waals surface area contributed by atoms with Gasteiger partial charge in [-0.15, -0.1) is 0 Å². The zero-order valence-electron chi connectivity index (χ0n) is 37.7. The van der Waals surface area contributed by atoms with Gasteiger partial charge < -0.3 is 30.0 Å². The van der Waals surface area contributed by atoms with Crippen molar-refractivity contribution in [1.82, 2.24) is 0 Å². The Morgan fingerprint density at radius 1 is 0.418 bits per heavy atom. The molecule has 0 aliphatic rings. The Morgan fingerprint density at radius 2 is 0.701 bits per heavy atom. The van der Waals surface area contributed by atoms with E-state index in [-0.39, 0.29) is 22.4 Å². The second-order valence-electron chi connectivity index (χ2n) is 15.4. The smallest absolute Gasteiger partial charge is 0.184 e.